The summed E-state index contributed by atoms with van der Waals surface area (Å²) in [6.07, 6.45) is 2.68. The molecule has 0 atom stereocenters. The molecule has 0 aliphatic rings. The third kappa shape index (κ3) is 2.96. The van der Waals surface area contributed by atoms with Crippen molar-refractivity contribution in [2.45, 2.75) is 19.5 Å². The zero-order chi connectivity index (χ0) is 13.8. The Labute approximate surface area is 114 Å². The maximum absolute atomic E-state index is 11.7. The Bertz CT molecular complexity index is 572. The van der Waals surface area contributed by atoms with Crippen LogP contribution in [0.2, 0.25) is 0 Å². The first kappa shape index (κ1) is 13.6. The summed E-state index contributed by atoms with van der Waals surface area (Å²) < 4.78 is 2.17. The molecule has 4 heteroatoms. The van der Waals surface area contributed by atoms with Crippen LogP contribution in [0.15, 0.2) is 30.5 Å². The molecule has 1 N–H and O–H groups in total. The second-order valence-electron chi connectivity index (χ2n) is 4.93. The van der Waals surface area contributed by atoms with Crippen molar-refractivity contribution in [3.63, 3.8) is 0 Å². The Morgan fingerprint density at radius 1 is 1.32 bits per heavy atom. The first-order valence-corrected chi connectivity index (χ1v) is 6.55. The average Bonchev–Trinajstić information content (AvgIpc) is 2.75. The van der Waals surface area contributed by atoms with E-state index in [-0.39, 0.29) is 5.91 Å². The van der Waals surface area contributed by atoms with E-state index in [1.54, 1.807) is 19.0 Å². The molecule has 4 nitrogen and oxygen atoms in total. The van der Waals surface area contributed by atoms with E-state index >= 15 is 0 Å². The minimum Gasteiger partial charge on any atom is -0.349 e. The zero-order valence-corrected chi connectivity index (χ0v) is 11.8. The van der Waals surface area contributed by atoms with E-state index in [2.05, 4.69) is 34.3 Å². The number of fused-ring (bicyclic) bond motifs is 1. The van der Waals surface area contributed by atoms with E-state index < -0.39 is 0 Å². The fourth-order valence-corrected chi connectivity index (χ4v) is 2.28. The summed E-state index contributed by atoms with van der Waals surface area (Å²) in [7, 11) is 5.53. The van der Waals surface area contributed by atoms with E-state index in [0.29, 0.717) is 6.42 Å². The number of carbonyl (C=O) groups excluding carboxylic acids is 1. The van der Waals surface area contributed by atoms with E-state index in [4.69, 9.17) is 0 Å². The van der Waals surface area contributed by atoms with E-state index in [1.165, 1.54) is 16.5 Å². The molecule has 102 valence electrons. The molecule has 0 unspecified atom stereocenters. The summed E-state index contributed by atoms with van der Waals surface area (Å²) in [6, 6.07) is 8.33. The summed E-state index contributed by atoms with van der Waals surface area (Å²) in [5, 5.41) is 4.44. The molecule has 0 saturated carbocycles. The smallest absolute Gasteiger partial charge is 0.223 e. The van der Waals surface area contributed by atoms with Crippen LogP contribution in [0.4, 0.5) is 0 Å². The molecule has 0 fully saturated rings. The number of hydrogen-bond acceptors (Lipinski definition) is 2. The number of nitrogens with one attached hydrogen (secondary N) is 1. The lowest BCUT2D eigenvalue weighted by atomic mass is 10.2. The molecule has 19 heavy (non-hydrogen) atoms. The first-order chi connectivity index (χ1) is 9.13. The third-order valence-corrected chi connectivity index (χ3v) is 3.30. The van der Waals surface area contributed by atoms with Crippen LogP contribution in [0.3, 0.4) is 0 Å². The number of hydrogen-bond donors (Lipinski definition) is 1. The largest absolute Gasteiger partial charge is 0.349 e. The lowest BCUT2D eigenvalue weighted by molar-refractivity contribution is -0.128. The summed E-state index contributed by atoms with van der Waals surface area (Å²) >= 11 is 0. The van der Waals surface area contributed by atoms with Gasteiger partial charge in [-0.3, -0.25) is 4.79 Å². The number of benzene rings is 1. The number of carbonyl (C=O) groups is 1. The second kappa shape index (κ2) is 5.89. The van der Waals surface area contributed by atoms with Gasteiger partial charge in [-0.1, -0.05) is 18.2 Å². The summed E-state index contributed by atoms with van der Waals surface area (Å²) in [6.45, 7) is 1.57. The van der Waals surface area contributed by atoms with Crippen molar-refractivity contribution < 1.29 is 4.79 Å². The predicted octanol–water partition coefficient (Wildman–Crippen LogP) is 1.84. The number of aromatic nitrogens is 1. The van der Waals surface area contributed by atoms with Crippen molar-refractivity contribution in [3.05, 3.63) is 36.0 Å². The minimum absolute atomic E-state index is 0.160. The molecule has 0 aliphatic carbocycles. The van der Waals surface area contributed by atoms with Crippen molar-refractivity contribution >= 4 is 16.8 Å². The maximum Gasteiger partial charge on any atom is 0.223 e. The van der Waals surface area contributed by atoms with Gasteiger partial charge in [-0.25, -0.2) is 0 Å². The van der Waals surface area contributed by atoms with Crippen LogP contribution in [-0.2, 0) is 17.9 Å². The molecular weight excluding hydrogens is 238 g/mol. The van der Waals surface area contributed by atoms with Gasteiger partial charge in [0, 0.05) is 50.7 Å². The van der Waals surface area contributed by atoms with Crippen LogP contribution in [0.25, 0.3) is 10.9 Å². The van der Waals surface area contributed by atoms with Crippen LogP contribution in [0, 0.1) is 0 Å². The SMILES string of the molecule is CNCc1cn(CCC(=O)N(C)C)c2ccccc12. The highest BCUT2D eigenvalue weighted by Gasteiger charge is 2.09. The molecule has 0 bridgehead atoms. The van der Waals surface area contributed by atoms with Crippen molar-refractivity contribution in [2.75, 3.05) is 21.1 Å². The van der Waals surface area contributed by atoms with Crippen molar-refractivity contribution in [1.29, 1.82) is 0 Å². The average molecular weight is 259 g/mol. The van der Waals surface area contributed by atoms with Crippen molar-refractivity contribution in [3.8, 4) is 0 Å². The molecule has 2 aromatic rings. The van der Waals surface area contributed by atoms with Gasteiger partial charge in [0.2, 0.25) is 5.91 Å². The van der Waals surface area contributed by atoms with E-state index in [1.807, 2.05) is 13.1 Å². The quantitative estimate of drug-likeness (QED) is 0.889. The number of rotatable bonds is 5. The lowest BCUT2D eigenvalue weighted by Gasteiger charge is -2.10. The number of aryl methyl sites for hydroxylation is 1. The molecule has 2 rings (SSSR count). The predicted molar refractivity (Wildman–Crippen MR) is 78.0 cm³/mol. The maximum atomic E-state index is 11.7. The molecule has 1 heterocycles. The van der Waals surface area contributed by atoms with E-state index in [0.717, 1.165) is 13.1 Å². The number of amides is 1. The molecule has 0 saturated heterocycles. The molecular formula is C15H21N3O. The Hall–Kier alpha value is -1.81. The fraction of sp³-hybridized carbons (Fsp3) is 0.400. The highest BCUT2D eigenvalue weighted by Crippen LogP contribution is 2.21. The van der Waals surface area contributed by atoms with Crippen LogP contribution in [-0.4, -0.2) is 36.5 Å². The summed E-state index contributed by atoms with van der Waals surface area (Å²) in [5.74, 6) is 0.160. The van der Waals surface area contributed by atoms with Crippen molar-refractivity contribution in [2.24, 2.45) is 0 Å². The van der Waals surface area contributed by atoms with Gasteiger partial charge in [-0.15, -0.1) is 0 Å². The normalized spacial score (nSPS) is 10.9. The van der Waals surface area contributed by atoms with Gasteiger partial charge >= 0.3 is 0 Å². The van der Waals surface area contributed by atoms with Gasteiger partial charge in [-0.2, -0.15) is 0 Å². The van der Waals surface area contributed by atoms with Gasteiger partial charge < -0.3 is 14.8 Å². The fourth-order valence-electron chi connectivity index (χ4n) is 2.28. The Morgan fingerprint density at radius 2 is 2.05 bits per heavy atom. The second-order valence-corrected chi connectivity index (χ2v) is 4.93. The minimum atomic E-state index is 0.160. The van der Waals surface area contributed by atoms with Crippen LogP contribution >= 0.6 is 0 Å². The van der Waals surface area contributed by atoms with Crippen molar-refractivity contribution in [1.82, 2.24) is 14.8 Å². The standard InChI is InChI=1S/C15H21N3O/c1-16-10-12-11-18(9-8-15(19)17(2)3)14-7-5-4-6-13(12)14/h4-7,11,16H,8-10H2,1-3H3. The van der Waals surface area contributed by atoms with Crippen LogP contribution in [0.1, 0.15) is 12.0 Å². The Morgan fingerprint density at radius 3 is 2.74 bits per heavy atom. The van der Waals surface area contributed by atoms with Crippen LogP contribution < -0.4 is 5.32 Å². The molecule has 1 amide bonds. The third-order valence-electron chi connectivity index (χ3n) is 3.30. The topological polar surface area (TPSA) is 37.3 Å². The zero-order valence-electron chi connectivity index (χ0n) is 11.8. The van der Waals surface area contributed by atoms with Gasteiger partial charge in [0.05, 0.1) is 0 Å². The van der Waals surface area contributed by atoms with Crippen LogP contribution in [0.5, 0.6) is 0 Å². The lowest BCUT2D eigenvalue weighted by Crippen LogP contribution is -2.22. The number of para-hydroxylation sites is 1. The molecule has 1 aromatic heterocycles. The monoisotopic (exact) mass is 259 g/mol. The number of nitrogens with zero attached hydrogens (tertiary/aromatic N) is 2. The summed E-state index contributed by atoms with van der Waals surface area (Å²) in [5.41, 5.74) is 2.47. The van der Waals surface area contributed by atoms with Gasteiger partial charge in [0.15, 0.2) is 0 Å². The molecule has 0 aliphatic heterocycles. The Balaban J connectivity index is 2.25. The van der Waals surface area contributed by atoms with Gasteiger partial charge in [0.25, 0.3) is 0 Å². The molecule has 0 spiro atoms. The first-order valence-electron chi connectivity index (χ1n) is 6.55. The summed E-state index contributed by atoms with van der Waals surface area (Å²) in [4.78, 5) is 13.3. The Kier molecular flexibility index (Phi) is 4.22. The van der Waals surface area contributed by atoms with Gasteiger partial charge in [-0.05, 0) is 18.7 Å². The highest BCUT2D eigenvalue weighted by molar-refractivity contribution is 5.84. The molecule has 1 aromatic carbocycles. The highest BCUT2D eigenvalue weighted by atomic mass is 16.2. The molecule has 0 radical (unpaired) electrons. The van der Waals surface area contributed by atoms with E-state index in [9.17, 15) is 4.79 Å². The van der Waals surface area contributed by atoms with Gasteiger partial charge in [0.1, 0.15) is 0 Å².